The molecule has 6 heteroatoms. The van der Waals surface area contributed by atoms with Gasteiger partial charge >= 0.3 is 0 Å². The van der Waals surface area contributed by atoms with E-state index < -0.39 is 0 Å². The summed E-state index contributed by atoms with van der Waals surface area (Å²) in [4.78, 5) is 4.24. The molecule has 0 aromatic carbocycles. The molecule has 3 heterocycles. The summed E-state index contributed by atoms with van der Waals surface area (Å²) in [6.07, 6.45) is 2.91. The summed E-state index contributed by atoms with van der Waals surface area (Å²) >= 11 is 0. The van der Waals surface area contributed by atoms with Crippen LogP contribution in [0.25, 0.3) is 0 Å². The maximum absolute atomic E-state index is 6.00. The number of hydrogen-bond acceptors (Lipinski definition) is 5. The molecular weight excluding hydrogens is 292 g/mol. The lowest BCUT2D eigenvalue weighted by Crippen LogP contribution is -2.31. The first-order valence-corrected chi connectivity index (χ1v) is 7.94. The first-order chi connectivity index (χ1) is 11.1. The van der Waals surface area contributed by atoms with E-state index in [9.17, 15) is 0 Å². The molecule has 1 aliphatic heterocycles. The van der Waals surface area contributed by atoms with Crippen LogP contribution >= 0.6 is 0 Å². The highest BCUT2D eigenvalue weighted by molar-refractivity contribution is 5.29. The average Bonchev–Trinajstić information content (AvgIpc) is 3.10. The van der Waals surface area contributed by atoms with Crippen LogP contribution in [0, 0.1) is 13.8 Å². The number of aromatic nitrogens is 3. The predicted octanol–water partition coefficient (Wildman–Crippen LogP) is 2.06. The molecule has 0 radical (unpaired) electrons. The van der Waals surface area contributed by atoms with Gasteiger partial charge < -0.3 is 14.8 Å². The van der Waals surface area contributed by atoms with Crippen molar-refractivity contribution in [2.24, 2.45) is 7.05 Å². The van der Waals surface area contributed by atoms with Gasteiger partial charge in [-0.2, -0.15) is 5.10 Å². The SMILES string of the molecule is COc1ccc(CN[C@H]2CCO[C@@H]2c2c(C)nn(C)c2C)cn1. The number of rotatable bonds is 5. The van der Waals surface area contributed by atoms with Gasteiger partial charge in [0.2, 0.25) is 5.88 Å². The minimum atomic E-state index is 0.0647. The van der Waals surface area contributed by atoms with E-state index in [0.29, 0.717) is 11.9 Å². The fraction of sp³-hybridized carbons (Fsp3) is 0.529. The van der Waals surface area contributed by atoms with E-state index in [4.69, 9.17) is 9.47 Å². The molecule has 1 N–H and O–H groups in total. The summed E-state index contributed by atoms with van der Waals surface area (Å²) in [5, 5.41) is 8.12. The van der Waals surface area contributed by atoms with Gasteiger partial charge in [-0.3, -0.25) is 4.68 Å². The largest absolute Gasteiger partial charge is 0.481 e. The molecule has 0 bridgehead atoms. The van der Waals surface area contributed by atoms with Gasteiger partial charge in [-0.05, 0) is 25.8 Å². The van der Waals surface area contributed by atoms with Crippen LogP contribution in [0.4, 0.5) is 0 Å². The second kappa shape index (κ2) is 6.68. The maximum atomic E-state index is 6.00. The molecule has 1 aliphatic rings. The first kappa shape index (κ1) is 16.0. The number of nitrogens with one attached hydrogen (secondary N) is 1. The molecule has 2 aromatic heterocycles. The van der Waals surface area contributed by atoms with Gasteiger partial charge in [0.05, 0.1) is 12.8 Å². The fourth-order valence-corrected chi connectivity index (χ4v) is 3.17. The lowest BCUT2D eigenvalue weighted by molar-refractivity contribution is 0.0974. The smallest absolute Gasteiger partial charge is 0.212 e. The highest BCUT2D eigenvalue weighted by atomic mass is 16.5. The van der Waals surface area contributed by atoms with Crippen LogP contribution in [0.15, 0.2) is 18.3 Å². The van der Waals surface area contributed by atoms with E-state index in [1.165, 1.54) is 11.3 Å². The van der Waals surface area contributed by atoms with Crippen molar-refractivity contribution < 1.29 is 9.47 Å². The number of hydrogen-bond donors (Lipinski definition) is 1. The van der Waals surface area contributed by atoms with Crippen molar-refractivity contribution >= 4 is 0 Å². The summed E-state index contributed by atoms with van der Waals surface area (Å²) in [6.45, 7) is 5.69. The van der Waals surface area contributed by atoms with Crippen molar-refractivity contribution in [3.05, 3.63) is 40.8 Å². The van der Waals surface area contributed by atoms with Gasteiger partial charge in [-0.15, -0.1) is 0 Å². The molecule has 0 aliphatic carbocycles. The van der Waals surface area contributed by atoms with Crippen LogP contribution in [0.2, 0.25) is 0 Å². The topological polar surface area (TPSA) is 61.2 Å². The average molecular weight is 316 g/mol. The van der Waals surface area contributed by atoms with E-state index in [1.807, 2.05) is 30.1 Å². The van der Waals surface area contributed by atoms with Gasteiger partial charge in [0.1, 0.15) is 6.10 Å². The van der Waals surface area contributed by atoms with Crippen molar-refractivity contribution in [1.29, 1.82) is 0 Å². The van der Waals surface area contributed by atoms with Crippen LogP contribution < -0.4 is 10.1 Å². The Labute approximate surface area is 136 Å². The summed E-state index contributed by atoms with van der Waals surface area (Å²) in [7, 11) is 3.60. The molecule has 0 saturated carbocycles. The van der Waals surface area contributed by atoms with E-state index in [0.717, 1.165) is 30.8 Å². The Balaban J connectivity index is 1.69. The second-order valence-corrected chi connectivity index (χ2v) is 5.98. The Hall–Kier alpha value is -1.92. The molecule has 124 valence electrons. The highest BCUT2D eigenvalue weighted by Crippen LogP contribution is 2.33. The van der Waals surface area contributed by atoms with Gasteiger partial charge in [-0.25, -0.2) is 4.98 Å². The van der Waals surface area contributed by atoms with E-state index in [2.05, 4.69) is 29.2 Å². The second-order valence-electron chi connectivity index (χ2n) is 5.98. The molecular formula is C17H24N4O2. The fourth-order valence-electron chi connectivity index (χ4n) is 3.17. The number of pyridine rings is 1. The van der Waals surface area contributed by atoms with E-state index >= 15 is 0 Å². The van der Waals surface area contributed by atoms with Crippen molar-refractivity contribution in [3.63, 3.8) is 0 Å². The molecule has 0 unspecified atom stereocenters. The molecule has 1 fully saturated rings. The van der Waals surface area contributed by atoms with Crippen LogP contribution in [0.1, 0.15) is 35.0 Å². The van der Waals surface area contributed by atoms with Gasteiger partial charge in [-0.1, -0.05) is 6.07 Å². The third-order valence-corrected chi connectivity index (χ3v) is 4.52. The Bertz CT molecular complexity index is 666. The third-order valence-electron chi connectivity index (χ3n) is 4.52. The maximum Gasteiger partial charge on any atom is 0.212 e. The van der Waals surface area contributed by atoms with E-state index in [1.54, 1.807) is 7.11 Å². The zero-order chi connectivity index (χ0) is 16.4. The van der Waals surface area contributed by atoms with E-state index in [-0.39, 0.29) is 6.10 Å². The highest BCUT2D eigenvalue weighted by Gasteiger charge is 2.33. The minimum absolute atomic E-state index is 0.0647. The van der Waals surface area contributed by atoms with Crippen molar-refractivity contribution in [2.75, 3.05) is 13.7 Å². The Morgan fingerprint density at radius 1 is 1.39 bits per heavy atom. The minimum Gasteiger partial charge on any atom is -0.481 e. The molecule has 0 amide bonds. The molecule has 2 atom stereocenters. The Kier molecular flexibility index (Phi) is 4.63. The normalized spacial score (nSPS) is 20.9. The molecule has 1 saturated heterocycles. The number of methoxy groups -OCH3 is 1. The summed E-state index contributed by atoms with van der Waals surface area (Å²) in [6, 6.07) is 4.21. The van der Waals surface area contributed by atoms with Crippen LogP contribution in [0.5, 0.6) is 5.88 Å². The van der Waals surface area contributed by atoms with Gasteiger partial charge in [0.15, 0.2) is 0 Å². The van der Waals surface area contributed by atoms with Crippen LogP contribution in [-0.2, 0) is 18.3 Å². The Morgan fingerprint density at radius 2 is 2.22 bits per heavy atom. The third kappa shape index (κ3) is 3.23. The summed E-state index contributed by atoms with van der Waals surface area (Å²) in [5.74, 6) is 0.637. The van der Waals surface area contributed by atoms with Gasteiger partial charge in [0.25, 0.3) is 0 Å². The van der Waals surface area contributed by atoms with Crippen molar-refractivity contribution in [3.8, 4) is 5.88 Å². The molecule has 2 aromatic rings. The quantitative estimate of drug-likeness (QED) is 0.915. The summed E-state index contributed by atoms with van der Waals surface area (Å²) in [5.41, 5.74) is 4.58. The first-order valence-electron chi connectivity index (χ1n) is 7.94. The van der Waals surface area contributed by atoms with Gasteiger partial charge in [0, 0.05) is 49.8 Å². The lowest BCUT2D eigenvalue weighted by atomic mass is 10.00. The Morgan fingerprint density at radius 3 is 2.83 bits per heavy atom. The number of aryl methyl sites for hydroxylation is 2. The monoisotopic (exact) mass is 316 g/mol. The van der Waals surface area contributed by atoms with Crippen molar-refractivity contribution in [1.82, 2.24) is 20.1 Å². The van der Waals surface area contributed by atoms with Crippen LogP contribution in [0.3, 0.4) is 0 Å². The molecule has 0 spiro atoms. The number of ether oxygens (including phenoxy) is 2. The van der Waals surface area contributed by atoms with Crippen molar-refractivity contribution in [2.45, 2.75) is 39.0 Å². The number of nitrogens with zero attached hydrogens (tertiary/aromatic N) is 3. The molecule has 6 nitrogen and oxygen atoms in total. The summed E-state index contributed by atoms with van der Waals surface area (Å²) < 4.78 is 13.0. The zero-order valence-electron chi connectivity index (χ0n) is 14.2. The standard InChI is InChI=1S/C17H24N4O2/c1-11-16(12(2)21(3)20-11)17-14(7-8-23-17)18-9-13-5-6-15(22-4)19-10-13/h5-6,10,14,17-18H,7-9H2,1-4H3/t14-,17-/m0/s1. The lowest BCUT2D eigenvalue weighted by Gasteiger charge is -2.20. The predicted molar refractivity (Wildman–Crippen MR) is 87.4 cm³/mol. The molecule has 3 rings (SSSR count). The van der Waals surface area contributed by atoms with Crippen LogP contribution in [-0.4, -0.2) is 34.5 Å². The zero-order valence-corrected chi connectivity index (χ0v) is 14.2. The molecule has 23 heavy (non-hydrogen) atoms.